The summed E-state index contributed by atoms with van der Waals surface area (Å²) in [7, 11) is 4.12. The molecule has 2 rings (SSSR count). The number of fused-ring (bicyclic) bond motifs is 1. The van der Waals surface area contributed by atoms with E-state index in [9.17, 15) is 4.79 Å². The van der Waals surface area contributed by atoms with Gasteiger partial charge in [0.2, 0.25) is 0 Å². The van der Waals surface area contributed by atoms with Gasteiger partial charge in [-0.15, -0.1) is 0 Å². The lowest BCUT2D eigenvalue weighted by molar-refractivity contribution is -0.174. The normalized spacial score (nSPS) is 18.0. The van der Waals surface area contributed by atoms with Gasteiger partial charge in [0.05, 0.1) is 12.6 Å². The standard InChI is InChI=1S/C20H32N2O3/c1-6-24-20(25-7-2)19(21(4)13-15(3)23)12-16-14-22(5)18-11-9-8-10-17(16)18/h8-11,16,19-20H,6-7,12-14H2,1-5H3. The summed E-state index contributed by atoms with van der Waals surface area (Å²) in [5, 5.41) is 0. The Labute approximate surface area is 151 Å². The molecule has 140 valence electrons. The number of likely N-dealkylation sites (N-methyl/N-ethyl adjacent to an activating group) is 2. The Hall–Kier alpha value is -1.43. The lowest BCUT2D eigenvalue weighted by Crippen LogP contribution is -2.47. The molecule has 0 spiro atoms. The van der Waals surface area contributed by atoms with Gasteiger partial charge in [-0.1, -0.05) is 18.2 Å². The summed E-state index contributed by atoms with van der Waals surface area (Å²) in [6.45, 7) is 8.16. The predicted molar refractivity (Wildman–Crippen MR) is 101 cm³/mol. The highest BCUT2D eigenvalue weighted by Gasteiger charge is 2.34. The van der Waals surface area contributed by atoms with Crippen molar-refractivity contribution in [3.63, 3.8) is 0 Å². The van der Waals surface area contributed by atoms with Crippen molar-refractivity contribution in [3.05, 3.63) is 29.8 Å². The number of nitrogens with zero attached hydrogens (tertiary/aromatic N) is 2. The van der Waals surface area contributed by atoms with E-state index in [-0.39, 0.29) is 18.1 Å². The minimum absolute atomic E-state index is 0.0355. The summed E-state index contributed by atoms with van der Waals surface area (Å²) in [5.74, 6) is 0.562. The number of para-hydroxylation sites is 1. The Kier molecular flexibility index (Phi) is 7.41. The molecule has 1 aliphatic heterocycles. The summed E-state index contributed by atoms with van der Waals surface area (Å²) in [5.41, 5.74) is 2.67. The number of ketones is 1. The molecule has 0 aromatic heterocycles. The van der Waals surface area contributed by atoms with E-state index < -0.39 is 0 Å². The molecule has 0 aliphatic carbocycles. The fraction of sp³-hybridized carbons (Fsp3) is 0.650. The first-order chi connectivity index (χ1) is 12.0. The minimum atomic E-state index is -0.322. The monoisotopic (exact) mass is 348 g/mol. The Morgan fingerprint density at radius 1 is 1.28 bits per heavy atom. The largest absolute Gasteiger partial charge is 0.374 e. The number of Topliss-reactive ketones (excluding diaryl/α,β-unsaturated/α-hetero) is 1. The van der Waals surface area contributed by atoms with Gasteiger partial charge < -0.3 is 14.4 Å². The topological polar surface area (TPSA) is 42.0 Å². The van der Waals surface area contributed by atoms with Crippen molar-refractivity contribution in [1.82, 2.24) is 4.90 Å². The molecule has 1 aromatic rings. The Bertz CT molecular complexity index is 558. The summed E-state index contributed by atoms with van der Waals surface area (Å²) < 4.78 is 11.8. The van der Waals surface area contributed by atoms with E-state index >= 15 is 0 Å². The molecular formula is C20H32N2O3. The molecule has 0 amide bonds. The summed E-state index contributed by atoms with van der Waals surface area (Å²) in [4.78, 5) is 16.0. The van der Waals surface area contributed by atoms with Crippen molar-refractivity contribution in [2.45, 2.75) is 45.4 Å². The van der Waals surface area contributed by atoms with E-state index in [2.05, 4.69) is 41.1 Å². The van der Waals surface area contributed by atoms with Crippen LogP contribution in [-0.2, 0) is 14.3 Å². The number of anilines is 1. The van der Waals surface area contributed by atoms with Crippen molar-refractivity contribution in [1.29, 1.82) is 0 Å². The van der Waals surface area contributed by atoms with Crippen molar-refractivity contribution in [3.8, 4) is 0 Å². The number of carbonyl (C=O) groups is 1. The number of ether oxygens (including phenoxy) is 2. The van der Waals surface area contributed by atoms with Crippen molar-refractivity contribution in [2.24, 2.45) is 0 Å². The van der Waals surface area contributed by atoms with E-state index in [1.807, 2.05) is 20.9 Å². The maximum absolute atomic E-state index is 11.7. The van der Waals surface area contributed by atoms with Crippen LogP contribution < -0.4 is 4.90 Å². The average Bonchev–Trinajstić information content (AvgIpc) is 2.88. The van der Waals surface area contributed by atoms with E-state index in [1.54, 1.807) is 6.92 Å². The zero-order valence-electron chi connectivity index (χ0n) is 16.2. The smallest absolute Gasteiger partial charge is 0.172 e. The minimum Gasteiger partial charge on any atom is -0.374 e. The van der Waals surface area contributed by atoms with Crippen LogP contribution in [0.3, 0.4) is 0 Å². The highest BCUT2D eigenvalue weighted by Crippen LogP contribution is 2.38. The van der Waals surface area contributed by atoms with Crippen molar-refractivity contribution in [2.75, 3.05) is 45.3 Å². The van der Waals surface area contributed by atoms with E-state index in [4.69, 9.17) is 9.47 Å². The number of rotatable bonds is 10. The van der Waals surface area contributed by atoms with Gasteiger partial charge in [-0.2, -0.15) is 0 Å². The molecule has 0 saturated carbocycles. The number of hydrogen-bond donors (Lipinski definition) is 0. The molecule has 0 N–H and O–H groups in total. The van der Waals surface area contributed by atoms with Crippen LogP contribution in [0.4, 0.5) is 5.69 Å². The van der Waals surface area contributed by atoms with Crippen LogP contribution in [0.1, 0.15) is 38.7 Å². The molecule has 5 nitrogen and oxygen atoms in total. The summed E-state index contributed by atoms with van der Waals surface area (Å²) in [6, 6.07) is 8.60. The molecule has 5 heteroatoms. The third kappa shape index (κ3) is 5.03. The quantitative estimate of drug-likeness (QED) is 0.608. The van der Waals surface area contributed by atoms with Crippen molar-refractivity contribution < 1.29 is 14.3 Å². The van der Waals surface area contributed by atoms with Gasteiger partial charge >= 0.3 is 0 Å². The first-order valence-electron chi connectivity index (χ1n) is 9.20. The summed E-state index contributed by atoms with van der Waals surface area (Å²) >= 11 is 0. The number of carbonyl (C=O) groups excluding carboxylic acids is 1. The predicted octanol–water partition coefficient (Wildman–Crippen LogP) is 2.90. The summed E-state index contributed by atoms with van der Waals surface area (Å²) in [6.07, 6.45) is 0.577. The van der Waals surface area contributed by atoms with Gasteiger partial charge in [-0.25, -0.2) is 0 Å². The van der Waals surface area contributed by atoms with Gasteiger partial charge in [0.25, 0.3) is 0 Å². The first-order valence-corrected chi connectivity index (χ1v) is 9.20. The van der Waals surface area contributed by atoms with E-state index in [0.717, 1.165) is 13.0 Å². The molecular weight excluding hydrogens is 316 g/mol. The number of hydrogen-bond acceptors (Lipinski definition) is 5. The second-order valence-corrected chi connectivity index (χ2v) is 6.84. The zero-order chi connectivity index (χ0) is 18.4. The molecule has 2 atom stereocenters. The maximum atomic E-state index is 11.7. The Morgan fingerprint density at radius 3 is 2.52 bits per heavy atom. The van der Waals surface area contributed by atoms with Gasteiger partial charge in [-0.05, 0) is 45.9 Å². The molecule has 1 heterocycles. The van der Waals surface area contributed by atoms with Gasteiger partial charge in [0.15, 0.2) is 6.29 Å². The van der Waals surface area contributed by atoms with Gasteiger partial charge in [-0.3, -0.25) is 9.69 Å². The van der Waals surface area contributed by atoms with Gasteiger partial charge in [0.1, 0.15) is 5.78 Å². The SMILES string of the molecule is CCOC(OCC)C(CC1CN(C)c2ccccc21)N(C)CC(C)=O. The fourth-order valence-electron chi connectivity index (χ4n) is 3.77. The molecule has 0 bridgehead atoms. The third-order valence-electron chi connectivity index (χ3n) is 4.82. The van der Waals surface area contributed by atoms with Crippen LogP contribution in [0.2, 0.25) is 0 Å². The molecule has 1 aromatic carbocycles. The lowest BCUT2D eigenvalue weighted by atomic mass is 9.93. The highest BCUT2D eigenvalue weighted by molar-refractivity contribution is 5.77. The lowest BCUT2D eigenvalue weighted by Gasteiger charge is -2.35. The first kappa shape index (κ1) is 19.9. The molecule has 1 aliphatic rings. The fourth-order valence-corrected chi connectivity index (χ4v) is 3.77. The molecule has 0 fully saturated rings. The van der Waals surface area contributed by atoms with Crippen LogP contribution >= 0.6 is 0 Å². The van der Waals surface area contributed by atoms with Crippen LogP contribution in [0.25, 0.3) is 0 Å². The highest BCUT2D eigenvalue weighted by atomic mass is 16.7. The third-order valence-corrected chi connectivity index (χ3v) is 4.82. The second-order valence-electron chi connectivity index (χ2n) is 6.84. The average molecular weight is 348 g/mol. The van der Waals surface area contributed by atoms with E-state index in [0.29, 0.717) is 25.7 Å². The molecule has 2 unspecified atom stereocenters. The van der Waals surface area contributed by atoms with Gasteiger partial charge in [0, 0.05) is 38.4 Å². The van der Waals surface area contributed by atoms with Crippen LogP contribution in [0.15, 0.2) is 24.3 Å². The molecule has 25 heavy (non-hydrogen) atoms. The molecule has 0 radical (unpaired) electrons. The van der Waals surface area contributed by atoms with Crippen LogP contribution in [0.5, 0.6) is 0 Å². The maximum Gasteiger partial charge on any atom is 0.172 e. The zero-order valence-corrected chi connectivity index (χ0v) is 16.2. The number of benzene rings is 1. The Balaban J connectivity index is 2.22. The van der Waals surface area contributed by atoms with E-state index in [1.165, 1.54) is 11.3 Å². The van der Waals surface area contributed by atoms with Crippen molar-refractivity contribution >= 4 is 11.5 Å². The Morgan fingerprint density at radius 2 is 1.92 bits per heavy atom. The molecule has 0 saturated heterocycles. The van der Waals surface area contributed by atoms with Crippen LogP contribution in [-0.4, -0.2) is 63.4 Å². The second kappa shape index (κ2) is 9.32. The van der Waals surface area contributed by atoms with Crippen LogP contribution in [0, 0.1) is 0 Å².